The Balaban J connectivity index is 1.30. The lowest BCUT2D eigenvalue weighted by Gasteiger charge is -2.36. The van der Waals surface area contributed by atoms with Crippen molar-refractivity contribution in [2.45, 2.75) is 39.2 Å². The molecule has 6 rings (SSSR count). The third kappa shape index (κ3) is 4.56. The first kappa shape index (κ1) is 23.0. The van der Waals surface area contributed by atoms with E-state index in [1.54, 1.807) is 0 Å². The molecule has 184 valence electrons. The van der Waals surface area contributed by atoms with Crippen molar-refractivity contribution in [3.63, 3.8) is 0 Å². The Morgan fingerprint density at radius 2 is 1.61 bits per heavy atom. The van der Waals surface area contributed by atoms with Crippen molar-refractivity contribution in [2.24, 2.45) is 5.92 Å². The second kappa shape index (κ2) is 9.90. The predicted molar refractivity (Wildman–Crippen MR) is 145 cm³/mol. The summed E-state index contributed by atoms with van der Waals surface area (Å²) in [6.45, 7) is 6.39. The highest BCUT2D eigenvalue weighted by Crippen LogP contribution is 2.30. The fourth-order valence-corrected chi connectivity index (χ4v) is 5.84. The fourth-order valence-electron chi connectivity index (χ4n) is 5.84. The number of nitrogens with zero attached hydrogens (tertiary/aromatic N) is 4. The van der Waals surface area contributed by atoms with Crippen molar-refractivity contribution in [1.29, 1.82) is 0 Å². The van der Waals surface area contributed by atoms with Gasteiger partial charge in [0, 0.05) is 50.4 Å². The van der Waals surface area contributed by atoms with E-state index in [9.17, 15) is 4.79 Å². The number of hydrogen-bond donors (Lipinski definition) is 0. The largest absolute Gasteiger partial charge is 0.340 e. The van der Waals surface area contributed by atoms with Crippen molar-refractivity contribution in [3.05, 3.63) is 84.2 Å². The molecule has 2 fully saturated rings. The van der Waals surface area contributed by atoms with Crippen molar-refractivity contribution < 1.29 is 4.79 Å². The Hall–Kier alpha value is -3.44. The molecule has 36 heavy (non-hydrogen) atoms. The summed E-state index contributed by atoms with van der Waals surface area (Å²) in [5, 5.41) is 0. The molecule has 1 saturated carbocycles. The zero-order valence-corrected chi connectivity index (χ0v) is 21.1. The first-order valence-corrected chi connectivity index (χ1v) is 13.3. The first-order chi connectivity index (χ1) is 17.7. The second-order valence-corrected chi connectivity index (χ2v) is 10.4. The molecule has 2 aromatic heterocycles. The molecular weight excluding hydrogens is 444 g/mol. The molecule has 3 heterocycles. The highest BCUT2D eigenvalue weighted by atomic mass is 16.2. The zero-order chi connectivity index (χ0) is 24.5. The second-order valence-electron chi connectivity index (χ2n) is 10.4. The normalized spacial score (nSPS) is 17.2. The average Bonchev–Trinajstić information content (AvgIpc) is 3.58. The minimum atomic E-state index is 0.264. The van der Waals surface area contributed by atoms with Gasteiger partial charge in [0.2, 0.25) is 5.91 Å². The van der Waals surface area contributed by atoms with Gasteiger partial charge in [-0.15, -0.1) is 0 Å². The number of aromatic nitrogens is 2. The lowest BCUT2D eigenvalue weighted by molar-refractivity contribution is -0.137. The number of fused-ring (bicyclic) bond motifs is 1. The number of carbonyl (C=O) groups excluding carboxylic acids is 1. The number of benzene rings is 2. The fraction of sp³-hybridized carbons (Fsp3) is 0.355. The van der Waals surface area contributed by atoms with Crippen molar-refractivity contribution in [2.75, 3.05) is 26.2 Å². The molecule has 1 aliphatic heterocycles. The molecule has 1 aliphatic carbocycles. The van der Waals surface area contributed by atoms with Crippen LogP contribution in [0, 0.1) is 12.8 Å². The molecule has 0 unspecified atom stereocenters. The van der Waals surface area contributed by atoms with Gasteiger partial charge in [0.15, 0.2) is 0 Å². The highest BCUT2D eigenvalue weighted by Gasteiger charge is 2.30. The molecule has 0 radical (unpaired) electrons. The highest BCUT2D eigenvalue weighted by molar-refractivity contribution is 5.79. The SMILES string of the molecule is Cc1cccc(-c2ccc3nc(-c4ccccc4)c(CN4CCN(C(=O)C5CCCC5)CC4)n3c2)c1. The van der Waals surface area contributed by atoms with Gasteiger partial charge in [-0.25, -0.2) is 4.98 Å². The van der Waals surface area contributed by atoms with E-state index in [0.29, 0.717) is 5.91 Å². The quantitative estimate of drug-likeness (QED) is 0.363. The summed E-state index contributed by atoms with van der Waals surface area (Å²) in [6.07, 6.45) is 6.79. The molecule has 5 nitrogen and oxygen atoms in total. The van der Waals surface area contributed by atoms with E-state index in [2.05, 4.69) is 94.1 Å². The lowest BCUT2D eigenvalue weighted by atomic mass is 10.1. The summed E-state index contributed by atoms with van der Waals surface area (Å²) in [5.41, 5.74) is 8.03. The van der Waals surface area contributed by atoms with E-state index in [0.717, 1.165) is 62.5 Å². The molecule has 4 aromatic rings. The van der Waals surface area contributed by atoms with E-state index < -0.39 is 0 Å². The van der Waals surface area contributed by atoms with Crippen LogP contribution in [0.1, 0.15) is 36.9 Å². The maximum absolute atomic E-state index is 12.9. The van der Waals surface area contributed by atoms with E-state index in [4.69, 9.17) is 4.98 Å². The van der Waals surface area contributed by atoms with E-state index in [1.165, 1.54) is 35.2 Å². The zero-order valence-electron chi connectivity index (χ0n) is 21.1. The molecule has 0 bridgehead atoms. The Labute approximate surface area is 213 Å². The van der Waals surface area contributed by atoms with E-state index in [-0.39, 0.29) is 5.92 Å². The number of pyridine rings is 1. The van der Waals surface area contributed by atoms with Gasteiger partial charge in [-0.2, -0.15) is 0 Å². The minimum Gasteiger partial charge on any atom is -0.340 e. The molecular formula is C31H34N4O. The van der Waals surface area contributed by atoms with Crippen LogP contribution in [0.15, 0.2) is 72.9 Å². The van der Waals surface area contributed by atoms with Gasteiger partial charge in [-0.1, -0.05) is 73.0 Å². The van der Waals surface area contributed by atoms with Crippen molar-refractivity contribution >= 4 is 11.6 Å². The van der Waals surface area contributed by atoms with E-state index in [1.807, 2.05) is 0 Å². The van der Waals surface area contributed by atoms with Gasteiger partial charge in [-0.05, 0) is 43.0 Å². The summed E-state index contributed by atoms with van der Waals surface area (Å²) >= 11 is 0. The number of aryl methyl sites for hydroxylation is 1. The third-order valence-corrected chi connectivity index (χ3v) is 7.88. The predicted octanol–water partition coefficient (Wildman–Crippen LogP) is 5.81. The molecule has 5 heteroatoms. The summed E-state index contributed by atoms with van der Waals surface area (Å²) in [4.78, 5) is 22.6. The molecule has 1 amide bonds. The molecule has 2 aromatic carbocycles. The number of amides is 1. The van der Waals surface area contributed by atoms with Crippen LogP contribution in [0.25, 0.3) is 28.0 Å². The number of imidazole rings is 1. The maximum Gasteiger partial charge on any atom is 0.225 e. The van der Waals surface area contributed by atoms with Crippen LogP contribution in [0.5, 0.6) is 0 Å². The summed E-state index contributed by atoms with van der Waals surface area (Å²) in [6, 6.07) is 23.4. The van der Waals surface area contributed by atoms with Gasteiger partial charge in [0.25, 0.3) is 0 Å². The summed E-state index contributed by atoms with van der Waals surface area (Å²) < 4.78 is 2.27. The number of hydrogen-bond acceptors (Lipinski definition) is 3. The third-order valence-electron chi connectivity index (χ3n) is 7.88. The lowest BCUT2D eigenvalue weighted by Crippen LogP contribution is -2.49. The topological polar surface area (TPSA) is 40.9 Å². The van der Waals surface area contributed by atoms with Gasteiger partial charge in [-0.3, -0.25) is 9.69 Å². The van der Waals surface area contributed by atoms with Gasteiger partial charge >= 0.3 is 0 Å². The molecule has 0 spiro atoms. The summed E-state index contributed by atoms with van der Waals surface area (Å²) in [5.74, 6) is 0.648. The van der Waals surface area contributed by atoms with Crippen LogP contribution in [-0.2, 0) is 11.3 Å². The molecule has 1 saturated heterocycles. The minimum absolute atomic E-state index is 0.264. The van der Waals surface area contributed by atoms with Crippen LogP contribution in [-0.4, -0.2) is 51.3 Å². The Bertz CT molecular complexity index is 1360. The van der Waals surface area contributed by atoms with Gasteiger partial charge in [0.1, 0.15) is 5.65 Å². The molecule has 0 N–H and O–H groups in total. The molecule has 2 aliphatic rings. The maximum atomic E-state index is 12.9. The smallest absolute Gasteiger partial charge is 0.225 e. The van der Waals surface area contributed by atoms with E-state index >= 15 is 0 Å². The summed E-state index contributed by atoms with van der Waals surface area (Å²) in [7, 11) is 0. The standard InChI is InChI=1S/C31H34N4O/c1-23-8-7-13-26(20-23)27-14-15-29-32-30(24-9-3-2-4-10-24)28(35(29)21-27)22-33-16-18-34(19-17-33)31(36)25-11-5-6-12-25/h2-4,7-10,13-15,20-21,25H,5-6,11-12,16-19,22H2,1H3. The number of piperazine rings is 1. The van der Waals surface area contributed by atoms with Gasteiger partial charge < -0.3 is 9.30 Å². The van der Waals surface area contributed by atoms with Crippen LogP contribution in [0.2, 0.25) is 0 Å². The Morgan fingerprint density at radius 3 is 2.36 bits per heavy atom. The number of carbonyl (C=O) groups is 1. The van der Waals surface area contributed by atoms with Crippen LogP contribution in [0.3, 0.4) is 0 Å². The molecule has 0 atom stereocenters. The Morgan fingerprint density at radius 1 is 0.861 bits per heavy atom. The number of rotatable bonds is 5. The van der Waals surface area contributed by atoms with Crippen LogP contribution < -0.4 is 0 Å². The van der Waals surface area contributed by atoms with Crippen molar-refractivity contribution in [3.8, 4) is 22.4 Å². The Kier molecular flexibility index (Phi) is 6.32. The van der Waals surface area contributed by atoms with Crippen molar-refractivity contribution in [1.82, 2.24) is 19.2 Å². The monoisotopic (exact) mass is 478 g/mol. The van der Waals surface area contributed by atoms with Crippen LogP contribution in [0.4, 0.5) is 0 Å². The van der Waals surface area contributed by atoms with Gasteiger partial charge in [0.05, 0.1) is 11.4 Å². The average molecular weight is 479 g/mol. The van der Waals surface area contributed by atoms with Crippen LogP contribution >= 0.6 is 0 Å². The first-order valence-electron chi connectivity index (χ1n) is 13.3.